The second kappa shape index (κ2) is 8.68. The minimum atomic E-state index is -0.194. The predicted octanol–water partition coefficient (Wildman–Crippen LogP) is 7.33. The first kappa shape index (κ1) is 20.5. The third-order valence-electron chi connectivity index (χ3n) is 6.93. The van der Waals surface area contributed by atoms with Crippen LogP contribution in [0.1, 0.15) is 35.9 Å². The molecule has 4 aromatic carbocycles. The summed E-state index contributed by atoms with van der Waals surface area (Å²) in [6, 6.07) is 37.4. The molecule has 0 spiro atoms. The average Bonchev–Trinajstić information content (AvgIpc) is 3.07. The van der Waals surface area contributed by atoms with Gasteiger partial charge in [0.1, 0.15) is 0 Å². The van der Waals surface area contributed by atoms with E-state index in [2.05, 4.69) is 95.6 Å². The van der Waals surface area contributed by atoms with Crippen LogP contribution in [0.2, 0.25) is 0 Å². The fourth-order valence-electron chi connectivity index (χ4n) is 5.20. The third kappa shape index (κ3) is 3.80. The predicted molar refractivity (Wildman–Crippen MR) is 139 cm³/mol. The summed E-state index contributed by atoms with van der Waals surface area (Å²) >= 11 is 0. The summed E-state index contributed by atoms with van der Waals surface area (Å²) in [7, 11) is 0. The number of para-hydroxylation sites is 2. The van der Waals surface area contributed by atoms with Gasteiger partial charge < -0.3 is 10.6 Å². The smallest absolute Gasteiger partial charge is 0.163 e. The molecule has 0 aromatic heterocycles. The number of benzene rings is 4. The van der Waals surface area contributed by atoms with Gasteiger partial charge in [0.05, 0.1) is 17.4 Å². The molecule has 3 heteroatoms. The van der Waals surface area contributed by atoms with Crippen molar-refractivity contribution in [1.29, 1.82) is 0 Å². The molecule has 6 rings (SSSR count). The van der Waals surface area contributed by atoms with Gasteiger partial charge in [-0.1, -0.05) is 97.1 Å². The number of ketones is 1. The van der Waals surface area contributed by atoms with Gasteiger partial charge in [0.2, 0.25) is 0 Å². The zero-order valence-corrected chi connectivity index (χ0v) is 18.9. The molecule has 2 atom stereocenters. The lowest BCUT2D eigenvalue weighted by Gasteiger charge is -2.30. The largest absolute Gasteiger partial charge is 0.372 e. The van der Waals surface area contributed by atoms with E-state index in [1.54, 1.807) is 0 Å². The SMILES string of the molecule is O=C1C[C@@H](c2ccccc2)CC2=C1[C@H](c1ccc(-c3ccccc3)cc1)Nc1ccccc1N2. The Morgan fingerprint density at radius 2 is 1.21 bits per heavy atom. The van der Waals surface area contributed by atoms with E-state index in [1.807, 2.05) is 24.3 Å². The van der Waals surface area contributed by atoms with Crippen LogP contribution in [0, 0.1) is 0 Å². The molecule has 0 saturated heterocycles. The summed E-state index contributed by atoms with van der Waals surface area (Å²) < 4.78 is 0. The summed E-state index contributed by atoms with van der Waals surface area (Å²) in [5.41, 5.74) is 8.59. The highest BCUT2D eigenvalue weighted by Crippen LogP contribution is 2.44. The molecule has 2 N–H and O–H groups in total. The molecule has 3 nitrogen and oxygen atoms in total. The highest BCUT2D eigenvalue weighted by Gasteiger charge is 2.35. The van der Waals surface area contributed by atoms with Crippen molar-refractivity contribution in [3.63, 3.8) is 0 Å². The fourth-order valence-corrected chi connectivity index (χ4v) is 5.20. The van der Waals surface area contributed by atoms with Crippen LogP contribution in [0.3, 0.4) is 0 Å². The summed E-state index contributed by atoms with van der Waals surface area (Å²) in [4.78, 5) is 13.7. The van der Waals surface area contributed by atoms with E-state index in [9.17, 15) is 4.79 Å². The molecule has 4 aromatic rings. The molecule has 0 bridgehead atoms. The lowest BCUT2D eigenvalue weighted by atomic mass is 9.78. The number of anilines is 2. The highest BCUT2D eigenvalue weighted by atomic mass is 16.1. The number of fused-ring (bicyclic) bond motifs is 1. The summed E-state index contributed by atoms with van der Waals surface area (Å²) in [5.74, 6) is 0.395. The van der Waals surface area contributed by atoms with E-state index in [4.69, 9.17) is 0 Å². The van der Waals surface area contributed by atoms with Crippen LogP contribution >= 0.6 is 0 Å². The number of nitrogens with one attached hydrogen (secondary N) is 2. The summed E-state index contributed by atoms with van der Waals surface area (Å²) in [6.45, 7) is 0. The van der Waals surface area contributed by atoms with Gasteiger partial charge >= 0.3 is 0 Å². The standard InChI is InChI=1S/C31H26N2O/c34-29-20-25(22-11-5-2-6-12-22)19-28-30(29)31(33-27-14-8-7-13-26(27)32-28)24-17-15-23(16-18-24)21-9-3-1-4-10-21/h1-18,25,31-33H,19-20H2/t25-,31-/m0/s1. The monoisotopic (exact) mass is 442 g/mol. The molecule has 0 radical (unpaired) electrons. The van der Waals surface area contributed by atoms with Crippen molar-refractivity contribution in [1.82, 2.24) is 0 Å². The number of hydrogen-bond acceptors (Lipinski definition) is 3. The molecular formula is C31H26N2O. The first-order valence-electron chi connectivity index (χ1n) is 11.9. The van der Waals surface area contributed by atoms with Crippen molar-refractivity contribution in [3.05, 3.63) is 132 Å². The van der Waals surface area contributed by atoms with Gasteiger partial charge in [-0.25, -0.2) is 0 Å². The molecule has 0 amide bonds. The Morgan fingerprint density at radius 1 is 0.588 bits per heavy atom. The maximum absolute atomic E-state index is 13.7. The van der Waals surface area contributed by atoms with E-state index in [1.165, 1.54) is 16.7 Å². The van der Waals surface area contributed by atoms with Crippen LogP contribution in [-0.2, 0) is 4.79 Å². The Morgan fingerprint density at radius 3 is 1.94 bits per heavy atom. The summed E-state index contributed by atoms with van der Waals surface area (Å²) in [5, 5.41) is 7.30. The highest BCUT2D eigenvalue weighted by molar-refractivity contribution is 6.01. The Kier molecular flexibility index (Phi) is 5.23. The van der Waals surface area contributed by atoms with Crippen LogP contribution < -0.4 is 10.6 Å². The molecule has 1 aliphatic carbocycles. The van der Waals surface area contributed by atoms with E-state index in [-0.39, 0.29) is 17.7 Å². The van der Waals surface area contributed by atoms with Gasteiger partial charge in [-0.15, -0.1) is 0 Å². The van der Waals surface area contributed by atoms with Crippen molar-refractivity contribution >= 4 is 17.2 Å². The number of hydrogen-bond donors (Lipinski definition) is 2. The van der Waals surface area contributed by atoms with Gasteiger partial charge in [-0.05, 0) is 46.7 Å². The molecular weight excluding hydrogens is 416 g/mol. The van der Waals surface area contributed by atoms with E-state index >= 15 is 0 Å². The number of carbonyl (C=O) groups excluding carboxylic acids is 1. The zero-order chi connectivity index (χ0) is 22.9. The van der Waals surface area contributed by atoms with Gasteiger partial charge in [0.15, 0.2) is 5.78 Å². The quantitative estimate of drug-likeness (QED) is 0.349. The Balaban J connectivity index is 1.41. The molecule has 2 aliphatic rings. The molecule has 1 heterocycles. The first-order valence-corrected chi connectivity index (χ1v) is 11.9. The zero-order valence-electron chi connectivity index (χ0n) is 18.9. The van der Waals surface area contributed by atoms with E-state index < -0.39 is 0 Å². The fraction of sp³-hybridized carbons (Fsp3) is 0.129. The molecule has 0 fully saturated rings. The Labute approximate surface area is 200 Å². The van der Waals surface area contributed by atoms with Crippen molar-refractivity contribution < 1.29 is 4.79 Å². The lowest BCUT2D eigenvalue weighted by Crippen LogP contribution is -2.26. The second-order valence-corrected chi connectivity index (χ2v) is 9.07. The lowest BCUT2D eigenvalue weighted by molar-refractivity contribution is -0.116. The Hall–Kier alpha value is -4.11. The van der Waals surface area contributed by atoms with E-state index in [0.29, 0.717) is 6.42 Å². The van der Waals surface area contributed by atoms with Gasteiger partial charge in [0, 0.05) is 17.7 Å². The van der Waals surface area contributed by atoms with Crippen molar-refractivity contribution in [2.24, 2.45) is 0 Å². The Bertz CT molecular complexity index is 1360. The topological polar surface area (TPSA) is 41.1 Å². The van der Waals surface area contributed by atoms with Crippen molar-refractivity contribution in [2.45, 2.75) is 24.8 Å². The van der Waals surface area contributed by atoms with Crippen LogP contribution in [0.15, 0.2) is 120 Å². The van der Waals surface area contributed by atoms with E-state index in [0.717, 1.165) is 34.6 Å². The minimum absolute atomic E-state index is 0.186. The van der Waals surface area contributed by atoms with Crippen LogP contribution in [0.4, 0.5) is 11.4 Å². The normalized spacial score (nSPS) is 19.4. The molecule has 166 valence electrons. The third-order valence-corrected chi connectivity index (χ3v) is 6.93. The van der Waals surface area contributed by atoms with Crippen molar-refractivity contribution in [3.8, 4) is 11.1 Å². The molecule has 0 unspecified atom stereocenters. The number of Topliss-reactive ketones (excluding diaryl/α,β-unsaturated/α-hetero) is 1. The molecule has 1 aliphatic heterocycles. The van der Waals surface area contributed by atoms with Gasteiger partial charge in [-0.2, -0.15) is 0 Å². The number of rotatable bonds is 3. The first-order chi connectivity index (χ1) is 16.8. The minimum Gasteiger partial charge on any atom is -0.372 e. The van der Waals surface area contributed by atoms with Crippen molar-refractivity contribution in [2.75, 3.05) is 10.6 Å². The van der Waals surface area contributed by atoms with Gasteiger partial charge in [0.25, 0.3) is 0 Å². The van der Waals surface area contributed by atoms with Crippen LogP contribution in [0.5, 0.6) is 0 Å². The molecule has 34 heavy (non-hydrogen) atoms. The second-order valence-electron chi connectivity index (χ2n) is 9.07. The molecule has 0 saturated carbocycles. The number of carbonyl (C=O) groups is 1. The van der Waals surface area contributed by atoms with Crippen LogP contribution in [-0.4, -0.2) is 5.78 Å². The number of allylic oxidation sites excluding steroid dienone is 1. The maximum atomic E-state index is 13.7. The summed E-state index contributed by atoms with van der Waals surface area (Å²) in [6.07, 6.45) is 1.35. The maximum Gasteiger partial charge on any atom is 0.163 e. The average molecular weight is 443 g/mol. The van der Waals surface area contributed by atoms with Crippen LogP contribution in [0.25, 0.3) is 11.1 Å². The van der Waals surface area contributed by atoms with Gasteiger partial charge in [-0.3, -0.25) is 4.79 Å².